The van der Waals surface area contributed by atoms with E-state index in [0.717, 1.165) is 39.1 Å². The molecule has 0 aliphatic carbocycles. The Morgan fingerprint density at radius 1 is 0.550 bits per heavy atom. The summed E-state index contributed by atoms with van der Waals surface area (Å²) in [6, 6.07) is 0. The van der Waals surface area contributed by atoms with Crippen LogP contribution >= 0.6 is 0 Å². The minimum atomic E-state index is 0.608. The molecule has 122 valence electrons. The quantitative estimate of drug-likeness (QED) is 0.398. The maximum absolute atomic E-state index is 5.47. The van der Waals surface area contributed by atoms with Gasteiger partial charge in [0.15, 0.2) is 0 Å². The van der Waals surface area contributed by atoms with Crippen molar-refractivity contribution < 1.29 is 23.7 Å². The molecule has 0 aliphatic rings. The molecule has 1 N–H and O–H groups in total. The first-order valence-corrected chi connectivity index (χ1v) is 7.33. The van der Waals surface area contributed by atoms with Crippen LogP contribution in [-0.4, -0.2) is 80.2 Å². The Morgan fingerprint density at radius 2 is 1.10 bits per heavy atom. The van der Waals surface area contributed by atoms with Gasteiger partial charge in [-0.25, -0.2) is 0 Å². The van der Waals surface area contributed by atoms with Gasteiger partial charge in [-0.1, -0.05) is 0 Å². The van der Waals surface area contributed by atoms with E-state index in [4.69, 9.17) is 23.7 Å². The fraction of sp³-hybridized carbons (Fsp3) is 1.00. The molecule has 0 saturated heterocycles. The van der Waals surface area contributed by atoms with E-state index in [2.05, 4.69) is 5.32 Å². The van der Waals surface area contributed by atoms with E-state index in [9.17, 15) is 0 Å². The van der Waals surface area contributed by atoms with Crippen LogP contribution < -0.4 is 5.32 Å². The number of unbranched alkanes of at least 4 members (excludes halogenated alkanes) is 1. The van der Waals surface area contributed by atoms with Crippen LogP contribution in [0.2, 0.25) is 0 Å². The molecule has 0 aromatic rings. The van der Waals surface area contributed by atoms with Gasteiger partial charge in [0, 0.05) is 27.4 Å². The topological polar surface area (TPSA) is 58.2 Å². The van der Waals surface area contributed by atoms with E-state index < -0.39 is 0 Å². The zero-order valence-electron chi connectivity index (χ0n) is 13.0. The van der Waals surface area contributed by atoms with Crippen molar-refractivity contribution in [1.82, 2.24) is 5.32 Å². The third kappa shape index (κ3) is 17.8. The van der Waals surface area contributed by atoms with E-state index >= 15 is 0 Å². The summed E-state index contributed by atoms with van der Waals surface area (Å²) in [5.41, 5.74) is 0. The standard InChI is InChI=1S/C14H31NO5/c1-16-8-6-15-5-3-4-7-18-11-12-20-14-13-19-10-9-17-2/h15H,3-14H2,1-2H3. The van der Waals surface area contributed by atoms with Crippen molar-refractivity contribution >= 4 is 0 Å². The van der Waals surface area contributed by atoms with Crippen molar-refractivity contribution in [2.75, 3.05) is 80.2 Å². The van der Waals surface area contributed by atoms with Gasteiger partial charge in [0.2, 0.25) is 0 Å². The highest BCUT2D eigenvalue weighted by Crippen LogP contribution is 1.89. The molecule has 0 bridgehead atoms. The Labute approximate surface area is 123 Å². The van der Waals surface area contributed by atoms with Crippen LogP contribution in [0.1, 0.15) is 12.8 Å². The molecule has 0 aliphatic heterocycles. The van der Waals surface area contributed by atoms with Gasteiger partial charge in [0.1, 0.15) is 0 Å². The number of ether oxygens (including phenoxy) is 5. The first kappa shape index (κ1) is 19.8. The molecule has 0 saturated carbocycles. The molecule has 0 amide bonds. The highest BCUT2D eigenvalue weighted by Gasteiger charge is 1.93. The molecule has 0 fully saturated rings. The molecule has 0 rings (SSSR count). The second-order valence-corrected chi connectivity index (χ2v) is 4.28. The van der Waals surface area contributed by atoms with Crippen LogP contribution in [-0.2, 0) is 23.7 Å². The van der Waals surface area contributed by atoms with Gasteiger partial charge in [0.25, 0.3) is 0 Å². The van der Waals surface area contributed by atoms with Crippen LogP contribution in [0.15, 0.2) is 0 Å². The maximum Gasteiger partial charge on any atom is 0.0701 e. The van der Waals surface area contributed by atoms with Gasteiger partial charge in [-0.2, -0.15) is 0 Å². The van der Waals surface area contributed by atoms with Gasteiger partial charge in [0.05, 0.1) is 46.2 Å². The van der Waals surface area contributed by atoms with E-state index in [-0.39, 0.29) is 0 Å². The summed E-state index contributed by atoms with van der Waals surface area (Å²) in [7, 11) is 3.37. The Balaban J connectivity index is 2.89. The largest absolute Gasteiger partial charge is 0.383 e. The van der Waals surface area contributed by atoms with E-state index in [1.165, 1.54) is 0 Å². The molecule has 0 heterocycles. The summed E-state index contributed by atoms with van der Waals surface area (Å²) in [6.07, 6.45) is 2.19. The highest BCUT2D eigenvalue weighted by molar-refractivity contribution is 4.47. The monoisotopic (exact) mass is 293 g/mol. The summed E-state index contributed by atoms with van der Waals surface area (Å²) in [5.74, 6) is 0. The lowest BCUT2D eigenvalue weighted by atomic mass is 10.3. The summed E-state index contributed by atoms with van der Waals surface area (Å²) in [4.78, 5) is 0. The van der Waals surface area contributed by atoms with Crippen LogP contribution in [0.3, 0.4) is 0 Å². The molecule has 0 aromatic carbocycles. The normalized spacial score (nSPS) is 11.1. The van der Waals surface area contributed by atoms with Crippen LogP contribution in [0.5, 0.6) is 0 Å². The lowest BCUT2D eigenvalue weighted by Crippen LogP contribution is -2.20. The van der Waals surface area contributed by atoms with Crippen LogP contribution in [0.4, 0.5) is 0 Å². The number of methoxy groups -OCH3 is 2. The molecule has 0 aromatic heterocycles. The number of hydrogen-bond donors (Lipinski definition) is 1. The molecule has 0 unspecified atom stereocenters. The predicted octanol–water partition coefficient (Wildman–Crippen LogP) is 0.699. The van der Waals surface area contributed by atoms with E-state index in [1.807, 2.05) is 0 Å². The molecule has 6 nitrogen and oxygen atoms in total. The number of rotatable bonds is 17. The van der Waals surface area contributed by atoms with Crippen molar-refractivity contribution in [2.45, 2.75) is 12.8 Å². The molecule has 0 radical (unpaired) electrons. The highest BCUT2D eigenvalue weighted by atomic mass is 16.6. The summed E-state index contributed by atoms with van der Waals surface area (Å²) >= 11 is 0. The first-order valence-electron chi connectivity index (χ1n) is 7.33. The predicted molar refractivity (Wildman–Crippen MR) is 78.3 cm³/mol. The fourth-order valence-electron chi connectivity index (χ4n) is 1.44. The lowest BCUT2D eigenvalue weighted by molar-refractivity contribution is 0.00328. The van der Waals surface area contributed by atoms with E-state index in [1.54, 1.807) is 14.2 Å². The minimum Gasteiger partial charge on any atom is -0.383 e. The summed E-state index contributed by atoms with van der Waals surface area (Å²) in [6.45, 7) is 7.22. The number of nitrogens with one attached hydrogen (secondary N) is 1. The van der Waals surface area contributed by atoms with Crippen molar-refractivity contribution in [3.05, 3.63) is 0 Å². The van der Waals surface area contributed by atoms with Crippen molar-refractivity contribution in [3.63, 3.8) is 0 Å². The molecule has 0 atom stereocenters. The van der Waals surface area contributed by atoms with Crippen molar-refractivity contribution in [2.24, 2.45) is 0 Å². The maximum atomic E-state index is 5.47. The van der Waals surface area contributed by atoms with Crippen molar-refractivity contribution in [3.8, 4) is 0 Å². The Hall–Kier alpha value is -0.240. The third-order valence-corrected chi connectivity index (χ3v) is 2.55. The molecular formula is C14H31NO5. The minimum absolute atomic E-state index is 0.608. The summed E-state index contributed by atoms with van der Waals surface area (Å²) < 4.78 is 25.9. The van der Waals surface area contributed by atoms with Gasteiger partial charge in [-0.3, -0.25) is 0 Å². The average molecular weight is 293 g/mol. The third-order valence-electron chi connectivity index (χ3n) is 2.55. The van der Waals surface area contributed by atoms with Gasteiger partial charge in [-0.15, -0.1) is 0 Å². The van der Waals surface area contributed by atoms with Crippen LogP contribution in [0.25, 0.3) is 0 Å². The Bertz CT molecular complexity index is 154. The molecular weight excluding hydrogens is 262 g/mol. The smallest absolute Gasteiger partial charge is 0.0701 e. The van der Waals surface area contributed by atoms with Gasteiger partial charge < -0.3 is 29.0 Å². The molecule has 20 heavy (non-hydrogen) atoms. The first-order chi connectivity index (χ1) is 9.91. The van der Waals surface area contributed by atoms with E-state index in [0.29, 0.717) is 39.6 Å². The number of hydrogen-bond acceptors (Lipinski definition) is 6. The SMILES string of the molecule is COCCNCCCCOCCOCCOCCOC. The summed E-state index contributed by atoms with van der Waals surface area (Å²) in [5, 5.41) is 3.30. The molecule has 0 spiro atoms. The van der Waals surface area contributed by atoms with Crippen molar-refractivity contribution in [1.29, 1.82) is 0 Å². The van der Waals surface area contributed by atoms with Crippen LogP contribution in [0, 0.1) is 0 Å². The zero-order chi connectivity index (χ0) is 14.7. The Kier molecular flexibility index (Phi) is 18.5. The van der Waals surface area contributed by atoms with Gasteiger partial charge >= 0.3 is 0 Å². The Morgan fingerprint density at radius 3 is 1.70 bits per heavy atom. The average Bonchev–Trinajstić information content (AvgIpc) is 2.47. The van der Waals surface area contributed by atoms with Gasteiger partial charge in [-0.05, 0) is 19.4 Å². The second-order valence-electron chi connectivity index (χ2n) is 4.28. The molecule has 6 heteroatoms. The zero-order valence-corrected chi connectivity index (χ0v) is 13.0. The second kappa shape index (κ2) is 18.8. The fourth-order valence-corrected chi connectivity index (χ4v) is 1.44. The lowest BCUT2D eigenvalue weighted by Gasteiger charge is -2.07.